The van der Waals surface area contributed by atoms with E-state index in [0.29, 0.717) is 25.9 Å². The van der Waals surface area contributed by atoms with Gasteiger partial charge in [0.1, 0.15) is 0 Å². The Morgan fingerprint density at radius 2 is 1.06 bits per heavy atom. The molecule has 0 bridgehead atoms. The molecule has 5 nitrogen and oxygen atoms in total. The van der Waals surface area contributed by atoms with Gasteiger partial charge in [-0.05, 0) is 20.3 Å². The highest BCUT2D eigenvalue weighted by Gasteiger charge is 2.25. The average Bonchev–Trinajstić information content (AvgIpc) is 3.21. The topological polar surface area (TPSA) is 42.0 Å². The molecule has 0 aromatic rings. The second kappa shape index (κ2) is 21.5. The van der Waals surface area contributed by atoms with Gasteiger partial charge in [-0.3, -0.25) is 4.57 Å². The molecule has 0 radical (unpaired) electrons. The van der Waals surface area contributed by atoms with E-state index in [9.17, 15) is 4.57 Å². The van der Waals surface area contributed by atoms with E-state index in [1.54, 1.807) is 0 Å². The largest absolute Gasteiger partial charge is 1.00 e. The van der Waals surface area contributed by atoms with Gasteiger partial charge in [-0.25, -0.2) is 0 Å². The Bertz CT molecular complexity index is 484. The number of rotatable bonds is 22. The summed E-state index contributed by atoms with van der Waals surface area (Å²) in [6.45, 7) is 9.57. The highest BCUT2D eigenvalue weighted by atomic mass is 79.9. The molecule has 0 aromatic heterocycles. The van der Waals surface area contributed by atoms with E-state index in [1.165, 1.54) is 89.9 Å². The molecule has 0 spiro atoms. The molecule has 1 rings (SSSR count). The van der Waals surface area contributed by atoms with Crippen molar-refractivity contribution in [3.63, 3.8) is 0 Å². The van der Waals surface area contributed by atoms with Crippen LogP contribution in [-0.2, 0) is 13.6 Å². The lowest BCUT2D eigenvalue weighted by Crippen LogP contribution is -3.00. The SMILES string of the molecule is CCCCCCCCCCCCCCCCN1C=CN(CCP(=O)(OCC)OCC)C1.[Br-]. The van der Waals surface area contributed by atoms with Gasteiger partial charge < -0.3 is 35.8 Å². The zero-order chi connectivity index (χ0) is 22.6. The van der Waals surface area contributed by atoms with Gasteiger partial charge in [0.2, 0.25) is 0 Å². The molecule has 192 valence electrons. The van der Waals surface area contributed by atoms with Crippen molar-refractivity contribution in [3.8, 4) is 0 Å². The molecule has 0 saturated carbocycles. The summed E-state index contributed by atoms with van der Waals surface area (Å²) in [6.07, 6.45) is 24.3. The Kier molecular flexibility index (Phi) is 21.5. The summed E-state index contributed by atoms with van der Waals surface area (Å²) in [5.74, 6) is 0. The lowest BCUT2D eigenvalue weighted by Gasteiger charge is -2.23. The first kappa shape index (κ1) is 32.0. The summed E-state index contributed by atoms with van der Waals surface area (Å²) in [5.41, 5.74) is 0. The second-order valence-corrected chi connectivity index (χ2v) is 11.0. The summed E-state index contributed by atoms with van der Waals surface area (Å²) in [6, 6.07) is 0. The van der Waals surface area contributed by atoms with Crippen molar-refractivity contribution in [2.75, 3.05) is 39.1 Å². The van der Waals surface area contributed by atoms with E-state index in [-0.39, 0.29) is 17.0 Å². The summed E-state index contributed by atoms with van der Waals surface area (Å²) in [4.78, 5) is 4.56. The molecule has 1 heterocycles. The maximum atomic E-state index is 12.6. The van der Waals surface area contributed by atoms with Crippen molar-refractivity contribution in [2.45, 2.75) is 111 Å². The Hall–Kier alpha value is -0.0300. The Morgan fingerprint density at radius 3 is 1.50 bits per heavy atom. The predicted octanol–water partition coefficient (Wildman–Crippen LogP) is 4.78. The molecule has 32 heavy (non-hydrogen) atoms. The molecule has 1 aliphatic rings. The Morgan fingerprint density at radius 1 is 0.656 bits per heavy atom. The fourth-order valence-corrected chi connectivity index (χ4v) is 5.75. The standard InChI is InChI=1S/C25H51N2O3P.BrH/c1-4-7-8-9-10-11-12-13-14-15-16-17-18-19-20-26-21-22-27(25-26)23-24-31(28,29-5-2)30-6-3;/h21-22H,4-20,23-25H2,1-3H3;1H/p-1. The van der Waals surface area contributed by atoms with E-state index in [4.69, 9.17) is 9.05 Å². The van der Waals surface area contributed by atoms with Crippen molar-refractivity contribution in [2.24, 2.45) is 0 Å². The highest BCUT2D eigenvalue weighted by Crippen LogP contribution is 2.47. The van der Waals surface area contributed by atoms with Gasteiger partial charge in [0.15, 0.2) is 0 Å². The third-order valence-corrected chi connectivity index (χ3v) is 8.01. The van der Waals surface area contributed by atoms with Gasteiger partial charge in [0, 0.05) is 25.5 Å². The predicted molar refractivity (Wildman–Crippen MR) is 133 cm³/mol. The molecule has 7 heteroatoms. The Balaban J connectivity index is 0.00000961. The minimum absolute atomic E-state index is 0. The minimum atomic E-state index is -2.94. The van der Waals surface area contributed by atoms with Crippen LogP contribution in [0, 0.1) is 0 Å². The van der Waals surface area contributed by atoms with Crippen molar-refractivity contribution in [1.29, 1.82) is 0 Å². The minimum Gasteiger partial charge on any atom is -1.00 e. The highest BCUT2D eigenvalue weighted by molar-refractivity contribution is 7.53. The number of nitrogens with zero attached hydrogens (tertiary/aromatic N) is 2. The maximum Gasteiger partial charge on any atom is 0.332 e. The van der Waals surface area contributed by atoms with Crippen molar-refractivity contribution >= 4 is 7.60 Å². The average molecular weight is 539 g/mol. The van der Waals surface area contributed by atoms with Crippen LogP contribution in [0.3, 0.4) is 0 Å². The third-order valence-electron chi connectivity index (χ3n) is 5.96. The molecular formula is C25H51BrN2O3P-. The molecule has 0 saturated heterocycles. The third kappa shape index (κ3) is 16.6. The van der Waals surface area contributed by atoms with Crippen LogP contribution in [0.15, 0.2) is 12.4 Å². The van der Waals surface area contributed by atoms with Crippen LogP contribution < -0.4 is 17.0 Å². The first-order valence-corrected chi connectivity index (χ1v) is 14.9. The molecular weight excluding hydrogens is 487 g/mol. The first-order chi connectivity index (χ1) is 15.1. The fourth-order valence-electron chi connectivity index (χ4n) is 4.13. The normalized spacial score (nSPS) is 13.7. The summed E-state index contributed by atoms with van der Waals surface area (Å²) in [5, 5.41) is 0. The lowest BCUT2D eigenvalue weighted by molar-refractivity contribution is -0.0000117. The number of halogens is 1. The van der Waals surface area contributed by atoms with Gasteiger partial charge in [-0.2, -0.15) is 0 Å². The monoisotopic (exact) mass is 537 g/mol. The smallest absolute Gasteiger partial charge is 0.332 e. The van der Waals surface area contributed by atoms with Gasteiger partial charge in [0.05, 0.1) is 26.0 Å². The fraction of sp³-hybridized carbons (Fsp3) is 0.920. The molecule has 0 N–H and O–H groups in total. The van der Waals surface area contributed by atoms with Crippen molar-refractivity contribution in [3.05, 3.63) is 12.4 Å². The molecule has 0 amide bonds. The Labute approximate surface area is 210 Å². The van der Waals surface area contributed by atoms with Crippen LogP contribution in [0.1, 0.15) is 111 Å². The number of unbranched alkanes of at least 4 members (excludes halogenated alkanes) is 13. The molecule has 0 aromatic carbocycles. The van der Waals surface area contributed by atoms with Crippen LogP contribution in [0.5, 0.6) is 0 Å². The van der Waals surface area contributed by atoms with Gasteiger partial charge in [-0.15, -0.1) is 0 Å². The van der Waals surface area contributed by atoms with Gasteiger partial charge in [-0.1, -0.05) is 90.4 Å². The second-order valence-electron chi connectivity index (χ2n) is 8.83. The summed E-state index contributed by atoms with van der Waals surface area (Å²) < 4.78 is 23.3. The van der Waals surface area contributed by atoms with E-state index >= 15 is 0 Å². The van der Waals surface area contributed by atoms with Crippen LogP contribution in [0.2, 0.25) is 0 Å². The molecule has 0 unspecified atom stereocenters. The van der Waals surface area contributed by atoms with E-state index in [0.717, 1.165) is 13.2 Å². The molecule has 0 aliphatic carbocycles. The van der Waals surface area contributed by atoms with Crippen molar-refractivity contribution < 1.29 is 30.6 Å². The van der Waals surface area contributed by atoms with Gasteiger partial charge in [0.25, 0.3) is 0 Å². The van der Waals surface area contributed by atoms with Crippen LogP contribution >= 0.6 is 7.60 Å². The van der Waals surface area contributed by atoms with Crippen LogP contribution in [-0.4, -0.2) is 48.9 Å². The lowest BCUT2D eigenvalue weighted by atomic mass is 10.0. The number of hydrogen-bond donors (Lipinski definition) is 0. The van der Waals surface area contributed by atoms with E-state index in [1.807, 2.05) is 13.8 Å². The first-order valence-electron chi connectivity index (χ1n) is 13.2. The molecule has 0 fully saturated rings. The molecule has 1 aliphatic heterocycles. The van der Waals surface area contributed by atoms with Gasteiger partial charge >= 0.3 is 7.60 Å². The number of hydrogen-bond acceptors (Lipinski definition) is 5. The van der Waals surface area contributed by atoms with E-state index < -0.39 is 7.60 Å². The summed E-state index contributed by atoms with van der Waals surface area (Å²) in [7, 11) is -2.94. The van der Waals surface area contributed by atoms with E-state index in [2.05, 4.69) is 29.1 Å². The van der Waals surface area contributed by atoms with Crippen LogP contribution in [0.4, 0.5) is 0 Å². The molecule has 0 atom stereocenters. The zero-order valence-electron chi connectivity index (χ0n) is 21.2. The summed E-state index contributed by atoms with van der Waals surface area (Å²) >= 11 is 0. The van der Waals surface area contributed by atoms with Crippen molar-refractivity contribution in [1.82, 2.24) is 9.80 Å². The maximum absolute atomic E-state index is 12.6. The quantitative estimate of drug-likeness (QED) is 0.147. The zero-order valence-corrected chi connectivity index (χ0v) is 23.7. The van der Waals surface area contributed by atoms with Crippen LogP contribution in [0.25, 0.3) is 0 Å².